The fraction of sp³-hybridized carbons (Fsp3) is 0.417. The molecule has 1 saturated carbocycles. The number of aldehydes is 1. The van der Waals surface area contributed by atoms with Crippen molar-refractivity contribution >= 4 is 6.29 Å². The standard InChI is InChI=1S/C12H13FO/c13-12-8-9(2-1-7-14)3-6-11(12)10-4-5-10/h3,6-8,10H,1-2,4-5H2. The molecular formula is C12H13FO. The maximum Gasteiger partial charge on any atom is 0.126 e. The zero-order chi connectivity index (χ0) is 9.97. The van der Waals surface area contributed by atoms with Crippen molar-refractivity contribution in [2.45, 2.75) is 31.6 Å². The molecule has 0 spiro atoms. The quantitative estimate of drug-likeness (QED) is 0.670. The van der Waals surface area contributed by atoms with Gasteiger partial charge in [-0.15, -0.1) is 0 Å². The number of hydrogen-bond donors (Lipinski definition) is 0. The van der Waals surface area contributed by atoms with Crippen LogP contribution in [0.5, 0.6) is 0 Å². The minimum Gasteiger partial charge on any atom is -0.303 e. The molecule has 1 aliphatic rings. The van der Waals surface area contributed by atoms with Crippen LogP contribution in [0.4, 0.5) is 4.39 Å². The summed E-state index contributed by atoms with van der Waals surface area (Å²) in [4.78, 5) is 10.2. The summed E-state index contributed by atoms with van der Waals surface area (Å²) in [6.45, 7) is 0. The molecule has 0 heterocycles. The average Bonchev–Trinajstić information content (AvgIpc) is 2.98. The molecule has 1 fully saturated rings. The molecule has 0 aromatic heterocycles. The Morgan fingerprint density at radius 3 is 2.79 bits per heavy atom. The molecule has 1 aromatic carbocycles. The van der Waals surface area contributed by atoms with E-state index in [1.165, 1.54) is 0 Å². The zero-order valence-corrected chi connectivity index (χ0v) is 8.00. The fourth-order valence-electron chi connectivity index (χ4n) is 1.68. The molecule has 2 heteroatoms. The van der Waals surface area contributed by atoms with E-state index in [0.717, 1.165) is 30.3 Å². The van der Waals surface area contributed by atoms with E-state index in [9.17, 15) is 9.18 Å². The van der Waals surface area contributed by atoms with Gasteiger partial charge in [-0.25, -0.2) is 4.39 Å². The highest BCUT2D eigenvalue weighted by Gasteiger charge is 2.26. The third-order valence-corrected chi connectivity index (χ3v) is 2.63. The van der Waals surface area contributed by atoms with E-state index in [4.69, 9.17) is 0 Å². The van der Waals surface area contributed by atoms with E-state index in [2.05, 4.69) is 0 Å². The summed E-state index contributed by atoms with van der Waals surface area (Å²) in [5, 5.41) is 0. The molecule has 2 rings (SSSR count). The lowest BCUT2D eigenvalue weighted by molar-refractivity contribution is -0.107. The van der Waals surface area contributed by atoms with Gasteiger partial charge >= 0.3 is 0 Å². The summed E-state index contributed by atoms with van der Waals surface area (Å²) in [7, 11) is 0. The second kappa shape index (κ2) is 3.91. The van der Waals surface area contributed by atoms with Crippen LogP contribution in [0.1, 0.15) is 36.3 Å². The summed E-state index contributed by atoms with van der Waals surface area (Å²) >= 11 is 0. The van der Waals surface area contributed by atoms with Crippen LogP contribution < -0.4 is 0 Å². The first kappa shape index (κ1) is 9.38. The first-order valence-electron chi connectivity index (χ1n) is 5.03. The number of rotatable bonds is 4. The largest absolute Gasteiger partial charge is 0.303 e. The molecule has 74 valence electrons. The summed E-state index contributed by atoms with van der Waals surface area (Å²) in [5.41, 5.74) is 1.76. The number of halogens is 1. The minimum atomic E-state index is -0.101. The van der Waals surface area contributed by atoms with Crippen molar-refractivity contribution in [2.24, 2.45) is 0 Å². The number of carbonyl (C=O) groups excluding carboxylic acids is 1. The molecule has 0 bridgehead atoms. The molecule has 0 radical (unpaired) electrons. The van der Waals surface area contributed by atoms with Crippen LogP contribution in [0.15, 0.2) is 18.2 Å². The Morgan fingerprint density at radius 2 is 2.21 bits per heavy atom. The van der Waals surface area contributed by atoms with Gasteiger partial charge in [-0.05, 0) is 42.4 Å². The van der Waals surface area contributed by atoms with Crippen molar-refractivity contribution in [3.05, 3.63) is 35.1 Å². The van der Waals surface area contributed by atoms with E-state index in [1.54, 1.807) is 6.07 Å². The van der Waals surface area contributed by atoms with E-state index in [0.29, 0.717) is 18.8 Å². The molecule has 0 N–H and O–H groups in total. The van der Waals surface area contributed by atoms with Gasteiger partial charge in [0.15, 0.2) is 0 Å². The van der Waals surface area contributed by atoms with Gasteiger partial charge in [-0.3, -0.25) is 0 Å². The molecule has 1 nitrogen and oxygen atoms in total. The van der Waals surface area contributed by atoms with Crippen molar-refractivity contribution in [3.8, 4) is 0 Å². The molecule has 0 amide bonds. The second-order valence-corrected chi connectivity index (χ2v) is 3.84. The Hall–Kier alpha value is -1.18. The Labute approximate surface area is 82.9 Å². The average molecular weight is 192 g/mol. The van der Waals surface area contributed by atoms with Crippen molar-refractivity contribution in [2.75, 3.05) is 0 Å². The number of benzene rings is 1. The topological polar surface area (TPSA) is 17.1 Å². The van der Waals surface area contributed by atoms with E-state index in [-0.39, 0.29) is 5.82 Å². The van der Waals surface area contributed by atoms with Gasteiger partial charge in [0.05, 0.1) is 0 Å². The first-order chi connectivity index (χ1) is 6.81. The number of carbonyl (C=O) groups is 1. The molecule has 0 aliphatic heterocycles. The third kappa shape index (κ3) is 2.00. The molecule has 1 aromatic rings. The van der Waals surface area contributed by atoms with Crippen LogP contribution in [0.25, 0.3) is 0 Å². The lowest BCUT2D eigenvalue weighted by Gasteiger charge is -2.03. The summed E-state index contributed by atoms with van der Waals surface area (Å²) < 4.78 is 13.5. The van der Waals surface area contributed by atoms with E-state index < -0.39 is 0 Å². The van der Waals surface area contributed by atoms with Crippen LogP contribution in [0, 0.1) is 5.82 Å². The van der Waals surface area contributed by atoms with Crippen molar-refractivity contribution in [1.82, 2.24) is 0 Å². The fourth-order valence-corrected chi connectivity index (χ4v) is 1.68. The molecule has 14 heavy (non-hydrogen) atoms. The van der Waals surface area contributed by atoms with Gasteiger partial charge < -0.3 is 4.79 Å². The minimum absolute atomic E-state index is 0.101. The van der Waals surface area contributed by atoms with Crippen LogP contribution in [-0.4, -0.2) is 6.29 Å². The molecular weight excluding hydrogens is 179 g/mol. The molecule has 0 saturated heterocycles. The van der Waals surface area contributed by atoms with Gasteiger partial charge in [0.1, 0.15) is 12.1 Å². The predicted octanol–water partition coefficient (Wildman–Crippen LogP) is 2.83. The van der Waals surface area contributed by atoms with Gasteiger partial charge in [-0.2, -0.15) is 0 Å². The lowest BCUT2D eigenvalue weighted by Crippen LogP contribution is -1.92. The van der Waals surface area contributed by atoms with E-state index >= 15 is 0 Å². The summed E-state index contributed by atoms with van der Waals surface area (Å²) in [6, 6.07) is 5.37. The van der Waals surface area contributed by atoms with Crippen molar-refractivity contribution in [1.29, 1.82) is 0 Å². The Morgan fingerprint density at radius 1 is 1.43 bits per heavy atom. The Bertz CT molecular complexity index is 342. The normalized spacial score (nSPS) is 15.5. The number of hydrogen-bond acceptors (Lipinski definition) is 1. The first-order valence-corrected chi connectivity index (χ1v) is 5.03. The van der Waals surface area contributed by atoms with Crippen LogP contribution in [0.2, 0.25) is 0 Å². The van der Waals surface area contributed by atoms with Crippen LogP contribution in [-0.2, 0) is 11.2 Å². The monoisotopic (exact) mass is 192 g/mol. The highest BCUT2D eigenvalue weighted by Crippen LogP contribution is 2.41. The van der Waals surface area contributed by atoms with Crippen LogP contribution >= 0.6 is 0 Å². The molecule has 0 unspecified atom stereocenters. The van der Waals surface area contributed by atoms with E-state index in [1.807, 2.05) is 12.1 Å². The van der Waals surface area contributed by atoms with Crippen LogP contribution in [0.3, 0.4) is 0 Å². The maximum absolute atomic E-state index is 13.5. The third-order valence-electron chi connectivity index (χ3n) is 2.63. The van der Waals surface area contributed by atoms with Gasteiger partial charge in [0, 0.05) is 6.42 Å². The zero-order valence-electron chi connectivity index (χ0n) is 8.00. The van der Waals surface area contributed by atoms with Gasteiger partial charge in [-0.1, -0.05) is 12.1 Å². The predicted molar refractivity (Wildman–Crippen MR) is 52.8 cm³/mol. The van der Waals surface area contributed by atoms with Crippen molar-refractivity contribution < 1.29 is 9.18 Å². The SMILES string of the molecule is O=CCCc1ccc(C2CC2)c(F)c1. The second-order valence-electron chi connectivity index (χ2n) is 3.84. The maximum atomic E-state index is 13.5. The van der Waals surface area contributed by atoms with Crippen molar-refractivity contribution in [3.63, 3.8) is 0 Å². The van der Waals surface area contributed by atoms with Gasteiger partial charge in [0.25, 0.3) is 0 Å². The smallest absolute Gasteiger partial charge is 0.126 e. The number of aryl methyl sites for hydroxylation is 1. The lowest BCUT2D eigenvalue weighted by atomic mass is 10.0. The molecule has 0 atom stereocenters. The summed E-state index contributed by atoms with van der Waals surface area (Å²) in [6.07, 6.45) is 4.22. The Balaban J connectivity index is 2.12. The highest BCUT2D eigenvalue weighted by molar-refractivity contribution is 5.50. The summed E-state index contributed by atoms with van der Waals surface area (Å²) in [5.74, 6) is 0.353. The van der Waals surface area contributed by atoms with Gasteiger partial charge in [0.2, 0.25) is 0 Å². The Kier molecular flexibility index (Phi) is 2.62. The molecule has 1 aliphatic carbocycles. The highest BCUT2D eigenvalue weighted by atomic mass is 19.1.